The van der Waals surface area contributed by atoms with Gasteiger partial charge in [-0.25, -0.2) is 0 Å². The maximum Gasteiger partial charge on any atom is 0.257 e. The molecule has 0 aliphatic heterocycles. The predicted octanol–water partition coefficient (Wildman–Crippen LogP) is 1.17. The van der Waals surface area contributed by atoms with Crippen molar-refractivity contribution in [2.24, 2.45) is 0 Å². The van der Waals surface area contributed by atoms with Crippen molar-refractivity contribution in [1.29, 1.82) is 0 Å². The van der Waals surface area contributed by atoms with Gasteiger partial charge in [-0.2, -0.15) is 4.68 Å². The molecule has 2 rings (SSSR count). The minimum atomic E-state index is 0.273. The fourth-order valence-electron chi connectivity index (χ4n) is 1.79. The maximum absolute atomic E-state index is 5.48. The molecular weight excluding hydrogens is 272 g/mol. The van der Waals surface area contributed by atoms with Crippen molar-refractivity contribution >= 4 is 0 Å². The second-order valence-corrected chi connectivity index (χ2v) is 5.15. The molecule has 2 aromatic rings. The molecule has 0 saturated carbocycles. The molecule has 0 aromatic carbocycles. The Bertz CT molecular complexity index is 563. The van der Waals surface area contributed by atoms with E-state index < -0.39 is 0 Å². The number of hydrogen-bond donors (Lipinski definition) is 1. The number of ether oxygens (including phenoxy) is 1. The van der Waals surface area contributed by atoms with Crippen LogP contribution in [-0.4, -0.2) is 44.6 Å². The molecule has 0 saturated heterocycles. The second-order valence-electron chi connectivity index (χ2n) is 5.15. The zero-order valence-corrected chi connectivity index (χ0v) is 13.0. The Morgan fingerprint density at radius 3 is 2.81 bits per heavy atom. The van der Waals surface area contributed by atoms with Gasteiger partial charge < -0.3 is 14.6 Å². The van der Waals surface area contributed by atoms with Gasteiger partial charge in [0, 0.05) is 12.2 Å². The van der Waals surface area contributed by atoms with Gasteiger partial charge in [-0.15, -0.1) is 5.10 Å². The molecule has 0 fully saturated rings. The van der Waals surface area contributed by atoms with E-state index >= 15 is 0 Å². The Balaban J connectivity index is 1.85. The van der Waals surface area contributed by atoms with Gasteiger partial charge in [0.05, 0.1) is 18.3 Å². The van der Waals surface area contributed by atoms with E-state index in [-0.39, 0.29) is 6.10 Å². The first kappa shape index (κ1) is 15.6. The van der Waals surface area contributed by atoms with Crippen molar-refractivity contribution in [2.45, 2.75) is 46.8 Å². The lowest BCUT2D eigenvalue weighted by Crippen LogP contribution is -2.20. The summed E-state index contributed by atoms with van der Waals surface area (Å²) in [5.41, 5.74) is 1.78. The molecule has 2 aromatic heterocycles. The highest BCUT2D eigenvalue weighted by molar-refractivity contribution is 5.31. The Kier molecular flexibility index (Phi) is 5.40. The van der Waals surface area contributed by atoms with Gasteiger partial charge in [-0.1, -0.05) is 5.16 Å². The molecule has 0 bridgehead atoms. The summed E-state index contributed by atoms with van der Waals surface area (Å²) in [5, 5.41) is 18.9. The third kappa shape index (κ3) is 4.08. The summed E-state index contributed by atoms with van der Waals surface area (Å²) in [6.45, 7) is 10.0. The number of hydrogen-bond acceptors (Lipinski definition) is 7. The van der Waals surface area contributed by atoms with Crippen LogP contribution in [0.2, 0.25) is 0 Å². The number of nitrogens with one attached hydrogen (secondary N) is 1. The van der Waals surface area contributed by atoms with E-state index in [1.807, 2.05) is 27.7 Å². The molecule has 0 aliphatic rings. The Morgan fingerprint density at radius 2 is 2.14 bits per heavy atom. The van der Waals surface area contributed by atoms with Crippen molar-refractivity contribution in [1.82, 2.24) is 30.7 Å². The van der Waals surface area contributed by atoms with E-state index in [9.17, 15) is 0 Å². The number of tetrazole rings is 1. The fourth-order valence-corrected chi connectivity index (χ4v) is 1.79. The van der Waals surface area contributed by atoms with Crippen LogP contribution in [0.3, 0.4) is 0 Å². The van der Waals surface area contributed by atoms with E-state index in [2.05, 4.69) is 26.0 Å². The van der Waals surface area contributed by atoms with Crippen LogP contribution in [-0.2, 0) is 11.3 Å². The first-order chi connectivity index (χ1) is 10.1. The largest absolute Gasteiger partial charge is 0.379 e. The molecule has 0 unspecified atom stereocenters. The van der Waals surface area contributed by atoms with Crippen LogP contribution in [0, 0.1) is 13.8 Å². The van der Waals surface area contributed by atoms with Crippen molar-refractivity contribution in [3.8, 4) is 5.88 Å². The minimum absolute atomic E-state index is 0.273. The highest BCUT2D eigenvalue weighted by Gasteiger charge is 2.16. The van der Waals surface area contributed by atoms with Gasteiger partial charge in [0.15, 0.2) is 5.82 Å². The summed E-state index contributed by atoms with van der Waals surface area (Å²) in [6.07, 6.45) is 1.22. The Hall–Kier alpha value is -1.80. The van der Waals surface area contributed by atoms with Crippen molar-refractivity contribution in [3.05, 3.63) is 17.1 Å². The molecule has 116 valence electrons. The van der Waals surface area contributed by atoms with Crippen LogP contribution >= 0.6 is 0 Å². The van der Waals surface area contributed by atoms with Crippen LogP contribution in [0.1, 0.15) is 37.4 Å². The molecule has 0 radical (unpaired) electrons. The lowest BCUT2D eigenvalue weighted by atomic mass is 10.3. The second kappa shape index (κ2) is 7.28. The molecule has 21 heavy (non-hydrogen) atoms. The first-order valence-electron chi connectivity index (χ1n) is 7.12. The van der Waals surface area contributed by atoms with Crippen molar-refractivity contribution in [3.63, 3.8) is 0 Å². The Labute approximate surface area is 123 Å². The summed E-state index contributed by atoms with van der Waals surface area (Å²) >= 11 is 0. The standard InChI is InChI=1S/C13H22N6O2/c1-9(2)20-7-5-6-14-8-12-15-17-18-19(12)13-10(3)11(4)16-21-13/h9,14H,5-8H2,1-4H3. The van der Waals surface area contributed by atoms with Crippen molar-refractivity contribution < 1.29 is 9.26 Å². The van der Waals surface area contributed by atoms with Crippen LogP contribution in [0.4, 0.5) is 0 Å². The van der Waals surface area contributed by atoms with E-state index in [0.717, 1.165) is 30.8 Å². The molecule has 2 heterocycles. The average molecular weight is 294 g/mol. The molecule has 0 spiro atoms. The lowest BCUT2D eigenvalue weighted by Gasteiger charge is -2.07. The summed E-state index contributed by atoms with van der Waals surface area (Å²) in [6, 6.07) is 0. The van der Waals surface area contributed by atoms with Gasteiger partial charge in [0.1, 0.15) is 0 Å². The summed E-state index contributed by atoms with van der Waals surface area (Å²) in [7, 11) is 0. The first-order valence-corrected chi connectivity index (χ1v) is 7.12. The zero-order valence-electron chi connectivity index (χ0n) is 13.0. The molecule has 1 N–H and O–H groups in total. The minimum Gasteiger partial charge on any atom is -0.379 e. The molecule has 8 heteroatoms. The van der Waals surface area contributed by atoms with Gasteiger partial charge in [-0.3, -0.25) is 0 Å². The quantitative estimate of drug-likeness (QED) is 0.731. The maximum atomic E-state index is 5.48. The van der Waals surface area contributed by atoms with Gasteiger partial charge in [0.2, 0.25) is 0 Å². The smallest absolute Gasteiger partial charge is 0.257 e. The summed E-state index contributed by atoms with van der Waals surface area (Å²) < 4.78 is 12.3. The highest BCUT2D eigenvalue weighted by atomic mass is 16.5. The number of rotatable bonds is 8. The number of aryl methyl sites for hydroxylation is 1. The van der Waals surface area contributed by atoms with Crippen molar-refractivity contribution in [2.75, 3.05) is 13.2 Å². The average Bonchev–Trinajstić information content (AvgIpc) is 3.02. The Morgan fingerprint density at radius 1 is 1.33 bits per heavy atom. The molecule has 8 nitrogen and oxygen atoms in total. The van der Waals surface area contributed by atoms with E-state index in [1.165, 1.54) is 0 Å². The number of nitrogens with zero attached hydrogens (tertiary/aromatic N) is 5. The van der Waals surface area contributed by atoms with Crippen LogP contribution in [0.25, 0.3) is 5.88 Å². The van der Waals surface area contributed by atoms with E-state index in [4.69, 9.17) is 9.26 Å². The highest BCUT2D eigenvalue weighted by Crippen LogP contribution is 2.16. The molecule has 0 atom stereocenters. The van der Waals surface area contributed by atoms with Gasteiger partial charge in [-0.05, 0) is 51.1 Å². The topological polar surface area (TPSA) is 90.9 Å². The normalized spacial score (nSPS) is 11.5. The van der Waals surface area contributed by atoms with E-state index in [1.54, 1.807) is 4.68 Å². The monoisotopic (exact) mass is 294 g/mol. The third-order valence-electron chi connectivity index (χ3n) is 3.09. The molecule has 0 amide bonds. The fraction of sp³-hybridized carbons (Fsp3) is 0.692. The van der Waals surface area contributed by atoms with Crippen LogP contribution in [0.5, 0.6) is 0 Å². The summed E-state index contributed by atoms with van der Waals surface area (Å²) in [4.78, 5) is 0. The number of aromatic nitrogens is 5. The molecule has 0 aliphatic carbocycles. The lowest BCUT2D eigenvalue weighted by molar-refractivity contribution is 0.0770. The van der Waals surface area contributed by atoms with Crippen LogP contribution < -0.4 is 5.32 Å². The molecular formula is C13H22N6O2. The SMILES string of the molecule is Cc1noc(-n2nnnc2CNCCCOC(C)C)c1C. The summed E-state index contributed by atoms with van der Waals surface area (Å²) in [5.74, 6) is 1.26. The van der Waals surface area contributed by atoms with Crippen LogP contribution in [0.15, 0.2) is 4.52 Å². The van der Waals surface area contributed by atoms with E-state index in [0.29, 0.717) is 18.3 Å². The predicted molar refractivity (Wildman–Crippen MR) is 76.1 cm³/mol. The van der Waals surface area contributed by atoms with Gasteiger partial charge in [0.25, 0.3) is 5.88 Å². The van der Waals surface area contributed by atoms with Gasteiger partial charge >= 0.3 is 0 Å². The third-order valence-corrected chi connectivity index (χ3v) is 3.09. The zero-order chi connectivity index (χ0) is 15.2.